The fourth-order valence-corrected chi connectivity index (χ4v) is 5.33. The van der Waals surface area contributed by atoms with Crippen LogP contribution in [0.25, 0.3) is 0 Å². The molecule has 2 N–H and O–H groups in total. The predicted molar refractivity (Wildman–Crippen MR) is 130 cm³/mol. The minimum absolute atomic E-state index is 0.0430. The summed E-state index contributed by atoms with van der Waals surface area (Å²) >= 11 is 0. The van der Waals surface area contributed by atoms with Crippen molar-refractivity contribution in [3.05, 3.63) is 29.3 Å². The highest BCUT2D eigenvalue weighted by atomic mass is 16.2. The van der Waals surface area contributed by atoms with Gasteiger partial charge in [0.2, 0.25) is 17.7 Å². The number of carbonyl (C=O) groups is 5. The molecule has 3 aliphatic heterocycles. The van der Waals surface area contributed by atoms with Crippen LogP contribution in [0.5, 0.6) is 0 Å². The molecule has 0 radical (unpaired) electrons. The quantitative estimate of drug-likeness (QED) is 0.576. The number of nitrogens with zero attached hydrogens (tertiary/aromatic N) is 2. The summed E-state index contributed by atoms with van der Waals surface area (Å²) in [5, 5.41) is 5.36. The highest BCUT2D eigenvalue weighted by molar-refractivity contribution is 6.25. The molecule has 0 saturated carbocycles. The smallest absolute Gasteiger partial charge is 0.264 e. The molecule has 3 aliphatic rings. The Labute approximate surface area is 205 Å². The van der Waals surface area contributed by atoms with Crippen LogP contribution in [0.15, 0.2) is 18.2 Å². The minimum atomic E-state index is -0.976. The maximum atomic E-state index is 13.4. The largest absolute Gasteiger partial charge is 0.371 e. The molecule has 0 bridgehead atoms. The Morgan fingerprint density at radius 3 is 2.43 bits per heavy atom. The molecule has 1 aromatic carbocycles. The standard InChI is InChI=1S/C26H34N4O5/c1-4-16(5-2)22(32)27-15-26(3)11-13-29(14-12-26)18-8-6-7-17-21(18)25(35)30(24(17)34)19-9-10-20(31)28-23(19)33/h6-8,16,19H,4-5,9-15H2,1-3H3,(H,27,32)(H,28,31,33). The minimum Gasteiger partial charge on any atom is -0.371 e. The Balaban J connectivity index is 1.46. The number of rotatable bonds is 7. The van der Waals surface area contributed by atoms with Crippen molar-refractivity contribution in [2.75, 3.05) is 24.5 Å². The van der Waals surface area contributed by atoms with Gasteiger partial charge in [-0.05, 0) is 49.7 Å². The zero-order valence-electron chi connectivity index (χ0n) is 20.7. The number of fused-ring (bicyclic) bond motifs is 1. The molecule has 2 saturated heterocycles. The third-order valence-electron chi connectivity index (χ3n) is 7.80. The molecule has 5 amide bonds. The number of piperidine rings is 2. The zero-order chi connectivity index (χ0) is 25.3. The van der Waals surface area contributed by atoms with Crippen LogP contribution in [0.3, 0.4) is 0 Å². The summed E-state index contributed by atoms with van der Waals surface area (Å²) in [6.45, 7) is 8.22. The molecule has 4 rings (SSSR count). The molecule has 188 valence electrons. The number of benzene rings is 1. The van der Waals surface area contributed by atoms with Gasteiger partial charge < -0.3 is 10.2 Å². The van der Waals surface area contributed by atoms with Gasteiger partial charge in [0.05, 0.1) is 16.8 Å². The maximum absolute atomic E-state index is 13.4. The van der Waals surface area contributed by atoms with E-state index in [0.717, 1.165) is 30.6 Å². The van der Waals surface area contributed by atoms with E-state index in [4.69, 9.17) is 0 Å². The Kier molecular flexibility index (Phi) is 6.96. The molecule has 0 spiro atoms. The van der Waals surface area contributed by atoms with Crippen molar-refractivity contribution in [1.82, 2.24) is 15.5 Å². The number of hydrogen-bond acceptors (Lipinski definition) is 6. The van der Waals surface area contributed by atoms with Gasteiger partial charge in [-0.15, -0.1) is 0 Å². The summed E-state index contributed by atoms with van der Waals surface area (Å²) in [7, 11) is 0. The topological polar surface area (TPSA) is 116 Å². The van der Waals surface area contributed by atoms with E-state index in [9.17, 15) is 24.0 Å². The van der Waals surface area contributed by atoms with Gasteiger partial charge in [0.25, 0.3) is 11.8 Å². The third-order valence-corrected chi connectivity index (χ3v) is 7.80. The Hall–Kier alpha value is -3.23. The van der Waals surface area contributed by atoms with Gasteiger partial charge in [0, 0.05) is 32.0 Å². The number of carbonyl (C=O) groups excluding carboxylic acids is 5. The maximum Gasteiger partial charge on any atom is 0.264 e. The highest BCUT2D eigenvalue weighted by Gasteiger charge is 2.46. The average Bonchev–Trinajstić information content (AvgIpc) is 3.09. The van der Waals surface area contributed by atoms with Crippen LogP contribution in [0.1, 0.15) is 80.0 Å². The van der Waals surface area contributed by atoms with Crippen LogP contribution < -0.4 is 15.5 Å². The molecule has 0 aromatic heterocycles. The fourth-order valence-electron chi connectivity index (χ4n) is 5.33. The van der Waals surface area contributed by atoms with Crippen LogP contribution in [-0.4, -0.2) is 60.1 Å². The van der Waals surface area contributed by atoms with Crippen LogP contribution in [0, 0.1) is 11.3 Å². The summed E-state index contributed by atoms with van der Waals surface area (Å²) < 4.78 is 0. The van der Waals surface area contributed by atoms with E-state index in [0.29, 0.717) is 36.4 Å². The van der Waals surface area contributed by atoms with Crippen molar-refractivity contribution < 1.29 is 24.0 Å². The van der Waals surface area contributed by atoms with Gasteiger partial charge in [-0.25, -0.2) is 0 Å². The van der Waals surface area contributed by atoms with E-state index < -0.39 is 29.7 Å². The van der Waals surface area contributed by atoms with E-state index in [2.05, 4.69) is 22.5 Å². The van der Waals surface area contributed by atoms with Crippen molar-refractivity contribution in [1.29, 1.82) is 0 Å². The molecule has 1 unspecified atom stereocenters. The molecule has 9 nitrogen and oxygen atoms in total. The summed E-state index contributed by atoms with van der Waals surface area (Å²) in [5.41, 5.74) is 1.27. The van der Waals surface area contributed by atoms with Gasteiger partial charge >= 0.3 is 0 Å². The van der Waals surface area contributed by atoms with Gasteiger partial charge in [-0.1, -0.05) is 26.8 Å². The van der Waals surface area contributed by atoms with Crippen molar-refractivity contribution in [3.63, 3.8) is 0 Å². The van der Waals surface area contributed by atoms with E-state index in [1.165, 1.54) is 0 Å². The van der Waals surface area contributed by atoms with Crippen LogP contribution in [-0.2, 0) is 14.4 Å². The Morgan fingerprint density at radius 2 is 1.80 bits per heavy atom. The number of anilines is 1. The van der Waals surface area contributed by atoms with E-state index >= 15 is 0 Å². The number of imide groups is 2. The summed E-state index contributed by atoms with van der Waals surface area (Å²) in [4.78, 5) is 65.9. The predicted octanol–water partition coefficient (Wildman–Crippen LogP) is 2.25. The normalized spacial score (nSPS) is 21.9. The first-order valence-electron chi connectivity index (χ1n) is 12.6. The number of hydrogen-bond donors (Lipinski definition) is 2. The van der Waals surface area contributed by atoms with Gasteiger partial charge in [-0.2, -0.15) is 0 Å². The van der Waals surface area contributed by atoms with Crippen molar-refractivity contribution in [3.8, 4) is 0 Å². The Morgan fingerprint density at radius 1 is 1.11 bits per heavy atom. The zero-order valence-corrected chi connectivity index (χ0v) is 20.7. The molecular weight excluding hydrogens is 448 g/mol. The van der Waals surface area contributed by atoms with Crippen molar-refractivity contribution >= 4 is 35.2 Å². The van der Waals surface area contributed by atoms with Crippen LogP contribution in [0.4, 0.5) is 5.69 Å². The number of amides is 5. The van der Waals surface area contributed by atoms with Crippen LogP contribution in [0.2, 0.25) is 0 Å². The van der Waals surface area contributed by atoms with E-state index in [1.807, 2.05) is 19.9 Å². The second-order valence-corrected chi connectivity index (χ2v) is 10.2. The average molecular weight is 483 g/mol. The number of nitrogens with one attached hydrogen (secondary N) is 2. The first-order chi connectivity index (χ1) is 16.7. The van der Waals surface area contributed by atoms with Gasteiger partial charge in [0.1, 0.15) is 6.04 Å². The molecule has 1 aromatic rings. The van der Waals surface area contributed by atoms with Crippen molar-refractivity contribution in [2.45, 2.75) is 65.3 Å². The summed E-state index contributed by atoms with van der Waals surface area (Å²) in [5.74, 6) is -1.83. The first-order valence-corrected chi connectivity index (χ1v) is 12.6. The summed E-state index contributed by atoms with van der Waals surface area (Å²) in [6, 6.07) is 4.25. The molecule has 2 fully saturated rings. The molecule has 9 heteroatoms. The molecule has 35 heavy (non-hydrogen) atoms. The van der Waals surface area contributed by atoms with E-state index in [1.54, 1.807) is 12.1 Å². The third kappa shape index (κ3) is 4.68. The summed E-state index contributed by atoms with van der Waals surface area (Å²) in [6.07, 6.45) is 3.55. The van der Waals surface area contributed by atoms with Gasteiger partial charge in [-0.3, -0.25) is 34.2 Å². The lowest BCUT2D eigenvalue weighted by molar-refractivity contribution is -0.136. The van der Waals surface area contributed by atoms with Crippen LogP contribution >= 0.6 is 0 Å². The van der Waals surface area contributed by atoms with Crippen molar-refractivity contribution in [2.24, 2.45) is 11.3 Å². The second kappa shape index (κ2) is 9.79. The first kappa shape index (κ1) is 24.9. The lowest BCUT2D eigenvalue weighted by Gasteiger charge is -2.41. The monoisotopic (exact) mass is 482 g/mol. The van der Waals surface area contributed by atoms with E-state index in [-0.39, 0.29) is 30.1 Å². The molecule has 1 atom stereocenters. The Bertz CT molecular complexity index is 1060. The molecular formula is C26H34N4O5. The lowest BCUT2D eigenvalue weighted by Crippen LogP contribution is -2.54. The second-order valence-electron chi connectivity index (χ2n) is 10.2. The fraction of sp³-hybridized carbons (Fsp3) is 0.577. The molecule has 0 aliphatic carbocycles. The van der Waals surface area contributed by atoms with Gasteiger partial charge in [0.15, 0.2) is 0 Å². The molecule has 3 heterocycles. The lowest BCUT2D eigenvalue weighted by atomic mass is 9.80. The highest BCUT2D eigenvalue weighted by Crippen LogP contribution is 2.38. The SMILES string of the molecule is CCC(CC)C(=O)NCC1(C)CCN(c2cccc3c2C(=O)N(C2CCC(=O)NC2=O)C3=O)CC1.